The maximum Gasteiger partial charge on any atom is 0.119 e. The summed E-state index contributed by atoms with van der Waals surface area (Å²) < 4.78 is 5.14. The van der Waals surface area contributed by atoms with Crippen molar-refractivity contribution in [3.05, 3.63) is 29.3 Å². The van der Waals surface area contributed by atoms with Crippen LogP contribution >= 0.6 is 0 Å². The van der Waals surface area contributed by atoms with E-state index in [1.165, 1.54) is 0 Å². The molecule has 0 saturated heterocycles. The fourth-order valence-electron chi connectivity index (χ4n) is 1.79. The lowest BCUT2D eigenvalue weighted by atomic mass is 10.0. The van der Waals surface area contributed by atoms with Crippen molar-refractivity contribution in [2.75, 3.05) is 13.7 Å². The number of nitrogens with one attached hydrogen (secondary N) is 1. The Morgan fingerprint density at radius 3 is 3.14 bits per heavy atom. The van der Waals surface area contributed by atoms with Gasteiger partial charge in [0.1, 0.15) is 5.75 Å². The molecule has 2 N–H and O–H groups in total. The largest absolute Gasteiger partial charge is 0.497 e. The van der Waals surface area contributed by atoms with Crippen molar-refractivity contribution in [2.24, 2.45) is 0 Å². The van der Waals surface area contributed by atoms with Crippen LogP contribution in [-0.4, -0.2) is 18.8 Å². The number of rotatable bonds is 1. The quantitative estimate of drug-likeness (QED) is 0.704. The first-order valence-corrected chi connectivity index (χ1v) is 4.87. The third kappa shape index (κ3) is 1.74. The molecule has 2 rings (SSSR count). The summed E-state index contributed by atoms with van der Waals surface area (Å²) in [5, 5.41) is 13.1. The van der Waals surface area contributed by atoms with E-state index < -0.39 is 0 Å². The van der Waals surface area contributed by atoms with Crippen LogP contribution in [-0.2, 0) is 6.54 Å². The summed E-state index contributed by atoms with van der Waals surface area (Å²) >= 11 is 0. The summed E-state index contributed by atoms with van der Waals surface area (Å²) in [7, 11) is 1.64. The van der Waals surface area contributed by atoms with E-state index in [2.05, 4.69) is 5.32 Å². The first-order valence-electron chi connectivity index (χ1n) is 4.87. The highest BCUT2D eigenvalue weighted by molar-refractivity contribution is 5.37. The van der Waals surface area contributed by atoms with Gasteiger partial charge in [0.15, 0.2) is 0 Å². The summed E-state index contributed by atoms with van der Waals surface area (Å²) in [6, 6.07) is 5.86. The zero-order chi connectivity index (χ0) is 9.97. The molecule has 14 heavy (non-hydrogen) atoms. The number of aliphatic hydroxyl groups is 1. The Hall–Kier alpha value is -1.06. The van der Waals surface area contributed by atoms with Gasteiger partial charge in [-0.15, -0.1) is 0 Å². The Labute approximate surface area is 83.7 Å². The van der Waals surface area contributed by atoms with Gasteiger partial charge in [-0.05, 0) is 36.2 Å². The number of hydrogen-bond donors (Lipinski definition) is 2. The number of aliphatic hydroxyl groups excluding tert-OH is 1. The molecule has 1 heterocycles. The summed E-state index contributed by atoms with van der Waals surface area (Å²) in [5.41, 5.74) is 2.16. The maximum absolute atomic E-state index is 9.87. The van der Waals surface area contributed by atoms with Gasteiger partial charge in [0.2, 0.25) is 0 Å². The Kier molecular flexibility index (Phi) is 2.70. The van der Waals surface area contributed by atoms with Crippen molar-refractivity contribution in [3.8, 4) is 5.75 Å². The second kappa shape index (κ2) is 3.98. The highest BCUT2D eigenvalue weighted by Crippen LogP contribution is 2.27. The lowest BCUT2D eigenvalue weighted by Gasteiger charge is -2.12. The third-order valence-corrected chi connectivity index (χ3v) is 2.62. The van der Waals surface area contributed by atoms with Crippen LogP contribution in [0, 0.1) is 0 Å². The minimum atomic E-state index is -0.366. The molecule has 0 amide bonds. The van der Waals surface area contributed by atoms with Crippen molar-refractivity contribution >= 4 is 0 Å². The Bertz CT molecular complexity index is 325. The average Bonchev–Trinajstić information content (AvgIpc) is 2.40. The topological polar surface area (TPSA) is 41.5 Å². The number of ether oxygens (including phenoxy) is 1. The molecule has 0 saturated carbocycles. The molecule has 0 bridgehead atoms. The van der Waals surface area contributed by atoms with Gasteiger partial charge in [-0.1, -0.05) is 6.07 Å². The van der Waals surface area contributed by atoms with Gasteiger partial charge in [0.05, 0.1) is 13.2 Å². The van der Waals surface area contributed by atoms with Crippen LogP contribution in [0.25, 0.3) is 0 Å². The molecule has 1 aliphatic heterocycles. The highest BCUT2D eigenvalue weighted by Gasteiger charge is 2.16. The van der Waals surface area contributed by atoms with Crippen molar-refractivity contribution in [3.63, 3.8) is 0 Å². The normalized spacial score (nSPS) is 21.1. The van der Waals surface area contributed by atoms with E-state index in [0.717, 1.165) is 36.4 Å². The molecule has 3 nitrogen and oxygen atoms in total. The van der Waals surface area contributed by atoms with Crippen molar-refractivity contribution in [1.29, 1.82) is 0 Å². The summed E-state index contributed by atoms with van der Waals surface area (Å²) in [5.74, 6) is 0.810. The molecule has 0 radical (unpaired) electrons. The van der Waals surface area contributed by atoms with Gasteiger partial charge in [-0.3, -0.25) is 0 Å². The average molecular weight is 193 g/mol. The molecule has 0 spiro atoms. The van der Waals surface area contributed by atoms with Crippen molar-refractivity contribution in [2.45, 2.75) is 19.1 Å². The minimum absolute atomic E-state index is 0.366. The molecular formula is C11H15NO2. The Balaban J connectivity index is 2.39. The predicted octanol–water partition coefficient (Wildman–Crippen LogP) is 1.22. The highest BCUT2D eigenvalue weighted by atomic mass is 16.5. The second-order valence-corrected chi connectivity index (χ2v) is 3.55. The molecule has 1 aromatic rings. The summed E-state index contributed by atoms with van der Waals surface area (Å²) in [6.07, 6.45) is 0.398. The zero-order valence-electron chi connectivity index (χ0n) is 8.29. The molecule has 1 aromatic carbocycles. The van der Waals surface area contributed by atoms with E-state index in [9.17, 15) is 5.11 Å². The van der Waals surface area contributed by atoms with Crippen LogP contribution in [0.3, 0.4) is 0 Å². The van der Waals surface area contributed by atoms with E-state index in [4.69, 9.17) is 4.74 Å². The molecule has 3 heteroatoms. The van der Waals surface area contributed by atoms with Crippen LogP contribution in [0.4, 0.5) is 0 Å². The van der Waals surface area contributed by atoms with Crippen molar-refractivity contribution < 1.29 is 9.84 Å². The number of methoxy groups -OCH3 is 1. The van der Waals surface area contributed by atoms with Crippen LogP contribution in [0.2, 0.25) is 0 Å². The van der Waals surface area contributed by atoms with Crippen molar-refractivity contribution in [1.82, 2.24) is 5.32 Å². The van der Waals surface area contributed by atoms with E-state index >= 15 is 0 Å². The fourth-order valence-corrected chi connectivity index (χ4v) is 1.79. The van der Waals surface area contributed by atoms with E-state index in [-0.39, 0.29) is 6.10 Å². The lowest BCUT2D eigenvalue weighted by molar-refractivity contribution is 0.169. The Morgan fingerprint density at radius 1 is 1.50 bits per heavy atom. The molecule has 0 fully saturated rings. The second-order valence-electron chi connectivity index (χ2n) is 3.55. The van der Waals surface area contributed by atoms with Gasteiger partial charge in [-0.25, -0.2) is 0 Å². The smallest absolute Gasteiger partial charge is 0.119 e. The number of benzene rings is 1. The van der Waals surface area contributed by atoms with E-state index in [1.54, 1.807) is 7.11 Å². The van der Waals surface area contributed by atoms with Gasteiger partial charge in [0, 0.05) is 6.54 Å². The van der Waals surface area contributed by atoms with Gasteiger partial charge < -0.3 is 15.2 Å². The molecule has 1 atom stereocenters. The van der Waals surface area contributed by atoms with Gasteiger partial charge >= 0.3 is 0 Å². The predicted molar refractivity (Wildman–Crippen MR) is 54.3 cm³/mol. The molecule has 0 aromatic heterocycles. The van der Waals surface area contributed by atoms with Gasteiger partial charge in [0.25, 0.3) is 0 Å². The van der Waals surface area contributed by atoms with Gasteiger partial charge in [-0.2, -0.15) is 0 Å². The third-order valence-electron chi connectivity index (χ3n) is 2.62. The monoisotopic (exact) mass is 193 g/mol. The van der Waals surface area contributed by atoms with E-state index in [1.807, 2.05) is 18.2 Å². The summed E-state index contributed by atoms with van der Waals surface area (Å²) in [6.45, 7) is 1.69. The standard InChI is InChI=1S/C11H15NO2/c1-14-9-3-2-8-7-12-5-4-11(13)10(8)6-9/h2-3,6,11-13H,4-5,7H2,1H3. The maximum atomic E-state index is 9.87. The summed E-state index contributed by atoms with van der Waals surface area (Å²) in [4.78, 5) is 0. The molecule has 76 valence electrons. The van der Waals surface area contributed by atoms with E-state index in [0.29, 0.717) is 0 Å². The minimum Gasteiger partial charge on any atom is -0.497 e. The lowest BCUT2D eigenvalue weighted by Crippen LogP contribution is -2.12. The molecule has 1 unspecified atom stereocenters. The number of hydrogen-bond acceptors (Lipinski definition) is 3. The molecule has 1 aliphatic rings. The van der Waals surface area contributed by atoms with Crippen LogP contribution in [0.5, 0.6) is 5.75 Å². The first kappa shape index (κ1) is 9.49. The fraction of sp³-hybridized carbons (Fsp3) is 0.455. The Morgan fingerprint density at radius 2 is 2.36 bits per heavy atom. The van der Waals surface area contributed by atoms with Crippen LogP contribution in [0.15, 0.2) is 18.2 Å². The first-order chi connectivity index (χ1) is 6.81. The molecular weight excluding hydrogens is 178 g/mol. The van der Waals surface area contributed by atoms with Crippen LogP contribution < -0.4 is 10.1 Å². The number of fused-ring (bicyclic) bond motifs is 1. The molecule has 0 aliphatic carbocycles. The van der Waals surface area contributed by atoms with Crippen LogP contribution in [0.1, 0.15) is 23.7 Å². The SMILES string of the molecule is COc1ccc2c(c1)C(O)CCNC2. The zero-order valence-corrected chi connectivity index (χ0v) is 8.29.